The summed E-state index contributed by atoms with van der Waals surface area (Å²) in [6, 6.07) is 11.8. The summed E-state index contributed by atoms with van der Waals surface area (Å²) in [6.45, 7) is 0.298. The number of ether oxygens (including phenoxy) is 3. The predicted octanol–water partition coefficient (Wildman–Crippen LogP) is 3.27. The number of benzene rings is 2. The Balaban J connectivity index is 1.66. The van der Waals surface area contributed by atoms with Crippen molar-refractivity contribution in [3.63, 3.8) is 0 Å². The van der Waals surface area contributed by atoms with Crippen molar-refractivity contribution in [3.05, 3.63) is 81.1 Å². The van der Waals surface area contributed by atoms with Gasteiger partial charge in [0.15, 0.2) is 11.4 Å². The van der Waals surface area contributed by atoms with Crippen molar-refractivity contribution in [1.29, 1.82) is 0 Å². The zero-order valence-electron chi connectivity index (χ0n) is 14.7. The van der Waals surface area contributed by atoms with Crippen molar-refractivity contribution in [2.24, 2.45) is 4.99 Å². The molecule has 2 aromatic carbocycles. The lowest BCUT2D eigenvalue weighted by Crippen LogP contribution is -2.08. The van der Waals surface area contributed by atoms with E-state index in [-0.39, 0.29) is 23.0 Å². The van der Waals surface area contributed by atoms with E-state index in [4.69, 9.17) is 14.2 Å². The first-order chi connectivity index (χ1) is 13.5. The first-order valence-corrected chi connectivity index (χ1v) is 8.33. The van der Waals surface area contributed by atoms with Gasteiger partial charge < -0.3 is 14.2 Å². The Labute approximate surface area is 159 Å². The van der Waals surface area contributed by atoms with Crippen LogP contribution in [0.4, 0.5) is 5.69 Å². The quantitative estimate of drug-likeness (QED) is 0.350. The average molecular weight is 378 g/mol. The smallest absolute Gasteiger partial charge is 0.363 e. The van der Waals surface area contributed by atoms with Crippen LogP contribution in [0.1, 0.15) is 11.1 Å². The Morgan fingerprint density at radius 2 is 2.07 bits per heavy atom. The first kappa shape index (κ1) is 17.5. The van der Waals surface area contributed by atoms with Crippen LogP contribution in [0.25, 0.3) is 6.08 Å². The van der Waals surface area contributed by atoms with Crippen LogP contribution in [0.5, 0.6) is 11.5 Å². The summed E-state index contributed by atoms with van der Waals surface area (Å²) in [4.78, 5) is 27.0. The molecule has 0 radical (unpaired) electrons. The van der Waals surface area contributed by atoms with Gasteiger partial charge in [-0.1, -0.05) is 18.2 Å². The van der Waals surface area contributed by atoms with Gasteiger partial charge in [0, 0.05) is 17.2 Å². The Bertz CT molecular complexity index is 1080. The number of nitrogens with zero attached hydrogens (tertiary/aromatic N) is 2. The minimum absolute atomic E-state index is 0.000249. The normalized spacial score (nSPS) is 16.6. The Hall–Kier alpha value is -3.94. The van der Waals surface area contributed by atoms with Gasteiger partial charge in [-0.3, -0.25) is 10.1 Å². The van der Waals surface area contributed by atoms with Crippen LogP contribution in [-0.4, -0.2) is 30.5 Å². The topological polar surface area (TPSA) is 100 Å². The van der Waals surface area contributed by atoms with E-state index in [1.807, 2.05) is 30.3 Å². The van der Waals surface area contributed by atoms with Gasteiger partial charge in [-0.15, -0.1) is 0 Å². The fraction of sp³-hybridized carbons (Fsp3) is 0.100. The van der Waals surface area contributed by atoms with Gasteiger partial charge in [-0.25, -0.2) is 9.79 Å². The number of cyclic esters (lactones) is 1. The van der Waals surface area contributed by atoms with Crippen molar-refractivity contribution < 1.29 is 23.9 Å². The van der Waals surface area contributed by atoms with E-state index in [1.54, 1.807) is 12.1 Å². The Morgan fingerprint density at radius 1 is 1.25 bits per heavy atom. The molecule has 0 atom stereocenters. The van der Waals surface area contributed by atoms with Gasteiger partial charge in [-0.2, -0.15) is 0 Å². The van der Waals surface area contributed by atoms with Crippen molar-refractivity contribution in [3.8, 4) is 11.5 Å². The van der Waals surface area contributed by atoms with E-state index in [2.05, 4.69) is 4.99 Å². The second-order valence-corrected chi connectivity index (χ2v) is 6.03. The molecule has 8 heteroatoms. The monoisotopic (exact) mass is 378 g/mol. The molecule has 0 amide bonds. The van der Waals surface area contributed by atoms with Gasteiger partial charge in [0.1, 0.15) is 12.4 Å². The summed E-state index contributed by atoms with van der Waals surface area (Å²) in [6.07, 6.45) is 3.49. The lowest BCUT2D eigenvalue weighted by atomic mass is 10.1. The molecule has 2 aliphatic heterocycles. The molecule has 0 aromatic heterocycles. The highest BCUT2D eigenvalue weighted by Crippen LogP contribution is 2.30. The molecule has 2 heterocycles. The molecule has 2 aromatic rings. The number of esters is 1. The van der Waals surface area contributed by atoms with Crippen molar-refractivity contribution >= 4 is 23.6 Å². The molecule has 0 saturated heterocycles. The molecule has 8 nitrogen and oxygen atoms in total. The van der Waals surface area contributed by atoms with E-state index in [0.717, 1.165) is 16.9 Å². The number of nitro benzene ring substituents is 1. The van der Waals surface area contributed by atoms with Gasteiger partial charge in [0.05, 0.1) is 12.0 Å². The van der Waals surface area contributed by atoms with E-state index in [1.165, 1.54) is 19.2 Å². The highest BCUT2D eigenvalue weighted by atomic mass is 16.6. The average Bonchev–Trinajstić information content (AvgIpc) is 3.07. The van der Waals surface area contributed by atoms with Crippen LogP contribution in [0.2, 0.25) is 0 Å². The molecule has 140 valence electrons. The van der Waals surface area contributed by atoms with E-state index in [9.17, 15) is 14.9 Å². The predicted molar refractivity (Wildman–Crippen MR) is 100 cm³/mol. The Morgan fingerprint density at radius 3 is 2.86 bits per heavy atom. The molecule has 0 fully saturated rings. The molecule has 0 aliphatic carbocycles. The second-order valence-electron chi connectivity index (χ2n) is 6.03. The van der Waals surface area contributed by atoms with Crippen LogP contribution >= 0.6 is 0 Å². The molecule has 0 saturated carbocycles. The third-order valence-electron chi connectivity index (χ3n) is 4.22. The number of methoxy groups -OCH3 is 1. The number of hydrogen-bond acceptors (Lipinski definition) is 7. The fourth-order valence-corrected chi connectivity index (χ4v) is 2.89. The number of para-hydroxylation sites is 1. The molecule has 0 N–H and O–H groups in total. The van der Waals surface area contributed by atoms with E-state index >= 15 is 0 Å². The highest BCUT2D eigenvalue weighted by Gasteiger charge is 2.27. The molecule has 0 bridgehead atoms. The summed E-state index contributed by atoms with van der Waals surface area (Å²) in [7, 11) is 1.34. The minimum atomic E-state index is -0.631. The minimum Gasteiger partial charge on any atom is -0.490 e. The summed E-state index contributed by atoms with van der Waals surface area (Å²) >= 11 is 0. The molecular formula is C20H14N2O6. The number of hydrogen-bond donors (Lipinski definition) is 0. The number of fused-ring (bicyclic) bond motifs is 1. The molecule has 2 aliphatic rings. The van der Waals surface area contributed by atoms with Crippen molar-refractivity contribution in [1.82, 2.24) is 0 Å². The second kappa shape index (κ2) is 6.99. The number of carbonyl (C=O) groups is 1. The third kappa shape index (κ3) is 3.23. The van der Waals surface area contributed by atoms with Gasteiger partial charge in [0.25, 0.3) is 0 Å². The Kier molecular flexibility index (Phi) is 4.36. The van der Waals surface area contributed by atoms with Crippen LogP contribution < -0.4 is 9.47 Å². The maximum absolute atomic E-state index is 12.2. The van der Waals surface area contributed by atoms with Gasteiger partial charge in [-0.05, 0) is 35.9 Å². The van der Waals surface area contributed by atoms with Crippen LogP contribution in [0.3, 0.4) is 0 Å². The molecule has 4 rings (SSSR count). The standard InChI is InChI=1S/C20H14N2O6/c1-26-18-7-6-14(10-16(18)22(24)25)19-21-15(20(23)28-19)9-12-8-13-4-2-3-5-17(13)27-11-12/h2-10H,11H2,1H3. The zero-order valence-corrected chi connectivity index (χ0v) is 14.7. The SMILES string of the molecule is COc1ccc(C2=NC(=CC3=Cc4ccccc4OC3)C(=O)O2)cc1[N+](=O)[O-]. The maximum Gasteiger partial charge on any atom is 0.363 e. The van der Waals surface area contributed by atoms with Crippen LogP contribution in [-0.2, 0) is 9.53 Å². The molecule has 28 heavy (non-hydrogen) atoms. The lowest BCUT2D eigenvalue weighted by molar-refractivity contribution is -0.385. The van der Waals surface area contributed by atoms with Crippen LogP contribution in [0, 0.1) is 10.1 Å². The zero-order chi connectivity index (χ0) is 19.7. The van der Waals surface area contributed by atoms with Crippen molar-refractivity contribution in [2.45, 2.75) is 0 Å². The van der Waals surface area contributed by atoms with E-state index < -0.39 is 10.9 Å². The van der Waals surface area contributed by atoms with Gasteiger partial charge in [0.2, 0.25) is 5.90 Å². The molecular weight excluding hydrogens is 364 g/mol. The van der Waals surface area contributed by atoms with E-state index in [0.29, 0.717) is 12.2 Å². The van der Waals surface area contributed by atoms with Crippen LogP contribution in [0.15, 0.2) is 64.8 Å². The fourth-order valence-electron chi connectivity index (χ4n) is 2.89. The molecule has 0 spiro atoms. The summed E-state index contributed by atoms with van der Waals surface area (Å²) < 4.78 is 15.8. The number of carbonyl (C=O) groups excluding carboxylic acids is 1. The number of aliphatic imine (C=N–C) groups is 1. The first-order valence-electron chi connectivity index (χ1n) is 8.33. The number of nitro groups is 1. The number of rotatable bonds is 4. The maximum atomic E-state index is 12.2. The summed E-state index contributed by atoms with van der Waals surface area (Å²) in [5.74, 6) is 0.249. The van der Waals surface area contributed by atoms with Gasteiger partial charge >= 0.3 is 11.7 Å². The third-order valence-corrected chi connectivity index (χ3v) is 4.22. The summed E-state index contributed by atoms with van der Waals surface area (Å²) in [5.41, 5.74) is 1.83. The molecule has 0 unspecified atom stereocenters. The highest BCUT2D eigenvalue weighted by molar-refractivity contribution is 6.11. The lowest BCUT2D eigenvalue weighted by Gasteiger charge is -2.15. The largest absolute Gasteiger partial charge is 0.490 e. The summed E-state index contributed by atoms with van der Waals surface area (Å²) in [5, 5.41) is 11.2. The van der Waals surface area contributed by atoms with Crippen molar-refractivity contribution in [2.75, 3.05) is 13.7 Å².